The lowest BCUT2D eigenvalue weighted by molar-refractivity contribution is 0.207. The molecule has 134 valence electrons. The summed E-state index contributed by atoms with van der Waals surface area (Å²) in [6.45, 7) is 8.51. The van der Waals surface area contributed by atoms with E-state index in [1.54, 1.807) is 4.90 Å². The van der Waals surface area contributed by atoms with Gasteiger partial charge in [-0.25, -0.2) is 4.79 Å². The smallest absolute Gasteiger partial charge is 0.322 e. The highest BCUT2D eigenvalue weighted by Crippen LogP contribution is 2.25. The monoisotopic (exact) mass is 344 g/mol. The number of nitrogens with zero attached hydrogens (tertiary/aromatic N) is 3. The fraction of sp³-hybridized carbons (Fsp3) is 0.444. The number of anilines is 2. The number of carbonyl (C=O) groups excluding carboxylic acids is 1. The maximum Gasteiger partial charge on any atom is 0.322 e. The molecule has 2 heterocycles. The average Bonchev–Trinajstić information content (AvgIpc) is 3.03. The Kier molecular flexibility index (Phi) is 5.11. The number of carbonyl (C=O) groups is 1. The Balaban J connectivity index is 1.58. The Hall–Kier alpha value is -2.70. The van der Waals surface area contributed by atoms with Gasteiger partial charge in [-0.3, -0.25) is 0 Å². The number of urea groups is 1. The van der Waals surface area contributed by atoms with Gasteiger partial charge in [0.25, 0.3) is 0 Å². The second-order valence-electron chi connectivity index (χ2n) is 6.36. The molecule has 1 N–H and O–H groups in total. The minimum Gasteiger partial charge on any atom is -0.489 e. The number of hydrogen-bond acceptors (Lipinski definition) is 5. The molecule has 0 unspecified atom stereocenters. The number of amides is 2. The summed E-state index contributed by atoms with van der Waals surface area (Å²) in [6, 6.07) is 9.29. The molecule has 1 aliphatic rings. The molecule has 3 rings (SSSR count). The normalized spacial score (nSPS) is 14.7. The molecule has 25 heavy (non-hydrogen) atoms. The molecule has 2 aromatic rings. The zero-order valence-corrected chi connectivity index (χ0v) is 14.9. The predicted molar refractivity (Wildman–Crippen MR) is 96.3 cm³/mol. The van der Waals surface area contributed by atoms with Crippen LogP contribution in [0.15, 0.2) is 34.9 Å². The Morgan fingerprint density at radius 2 is 1.96 bits per heavy atom. The van der Waals surface area contributed by atoms with Crippen LogP contribution in [-0.4, -0.2) is 48.4 Å². The van der Waals surface area contributed by atoms with Gasteiger partial charge < -0.3 is 24.4 Å². The van der Waals surface area contributed by atoms with Crippen molar-refractivity contribution < 1.29 is 14.1 Å². The SMILES string of the molecule is Cc1cc(N2CCN(C(=O)Nc3ccccc3OC(C)C)CC2)no1. The van der Waals surface area contributed by atoms with E-state index in [-0.39, 0.29) is 12.1 Å². The number of nitrogens with one attached hydrogen (secondary N) is 1. The number of aryl methyl sites for hydroxylation is 1. The topological polar surface area (TPSA) is 70.8 Å². The Labute approximate surface area is 147 Å². The van der Waals surface area contributed by atoms with E-state index >= 15 is 0 Å². The fourth-order valence-electron chi connectivity index (χ4n) is 2.76. The van der Waals surface area contributed by atoms with Crippen LogP contribution < -0.4 is 15.0 Å². The van der Waals surface area contributed by atoms with Gasteiger partial charge in [-0.1, -0.05) is 17.3 Å². The van der Waals surface area contributed by atoms with Crippen molar-refractivity contribution in [1.82, 2.24) is 10.1 Å². The van der Waals surface area contributed by atoms with E-state index in [4.69, 9.17) is 9.26 Å². The number of aromatic nitrogens is 1. The van der Waals surface area contributed by atoms with Gasteiger partial charge in [0, 0.05) is 32.2 Å². The van der Waals surface area contributed by atoms with Crippen LogP contribution in [0.4, 0.5) is 16.3 Å². The van der Waals surface area contributed by atoms with Crippen LogP contribution in [0.2, 0.25) is 0 Å². The zero-order chi connectivity index (χ0) is 17.8. The third kappa shape index (κ3) is 4.23. The number of piperazine rings is 1. The van der Waals surface area contributed by atoms with Gasteiger partial charge in [0.2, 0.25) is 0 Å². The van der Waals surface area contributed by atoms with Gasteiger partial charge >= 0.3 is 6.03 Å². The lowest BCUT2D eigenvalue weighted by atomic mass is 10.3. The van der Waals surface area contributed by atoms with Crippen molar-refractivity contribution in [3.05, 3.63) is 36.1 Å². The van der Waals surface area contributed by atoms with Crippen molar-refractivity contribution in [2.24, 2.45) is 0 Å². The van der Waals surface area contributed by atoms with Crippen molar-refractivity contribution in [2.75, 3.05) is 36.4 Å². The first-order valence-electron chi connectivity index (χ1n) is 8.53. The van der Waals surface area contributed by atoms with Crippen LogP contribution in [0.25, 0.3) is 0 Å². The van der Waals surface area contributed by atoms with Crippen LogP contribution in [0, 0.1) is 6.92 Å². The van der Waals surface area contributed by atoms with Crippen LogP contribution in [-0.2, 0) is 0 Å². The first kappa shape index (κ1) is 17.1. The minimum atomic E-state index is -0.115. The molecule has 1 saturated heterocycles. The predicted octanol–water partition coefficient (Wildman–Crippen LogP) is 3.12. The van der Waals surface area contributed by atoms with E-state index in [1.165, 1.54) is 0 Å². The summed E-state index contributed by atoms with van der Waals surface area (Å²) in [5, 5.41) is 6.99. The minimum absolute atomic E-state index is 0.0486. The summed E-state index contributed by atoms with van der Waals surface area (Å²) in [5.74, 6) is 2.30. The van der Waals surface area contributed by atoms with Crippen LogP contribution in [0.3, 0.4) is 0 Å². The highest BCUT2D eigenvalue weighted by Gasteiger charge is 2.23. The average molecular weight is 344 g/mol. The van der Waals surface area contributed by atoms with E-state index in [2.05, 4.69) is 15.4 Å². The first-order chi connectivity index (χ1) is 12.0. The molecule has 0 aliphatic carbocycles. The molecule has 0 saturated carbocycles. The molecule has 2 amide bonds. The molecule has 1 aromatic carbocycles. The van der Waals surface area contributed by atoms with Crippen molar-refractivity contribution in [1.29, 1.82) is 0 Å². The van der Waals surface area contributed by atoms with Crippen LogP contribution in [0.5, 0.6) is 5.75 Å². The molecule has 1 aromatic heterocycles. The Morgan fingerprint density at radius 3 is 2.60 bits per heavy atom. The number of benzene rings is 1. The molecule has 7 heteroatoms. The van der Waals surface area contributed by atoms with Crippen molar-refractivity contribution in [2.45, 2.75) is 26.9 Å². The van der Waals surface area contributed by atoms with Gasteiger partial charge in [-0.15, -0.1) is 0 Å². The number of hydrogen-bond donors (Lipinski definition) is 1. The maximum absolute atomic E-state index is 12.6. The van der Waals surface area contributed by atoms with E-state index in [0.717, 1.165) is 24.7 Å². The summed E-state index contributed by atoms with van der Waals surface area (Å²) in [7, 11) is 0. The molecule has 0 spiro atoms. The number of ether oxygens (including phenoxy) is 1. The van der Waals surface area contributed by atoms with Crippen LogP contribution >= 0.6 is 0 Å². The van der Waals surface area contributed by atoms with Gasteiger partial charge in [0.15, 0.2) is 5.82 Å². The Bertz CT molecular complexity index is 721. The number of rotatable bonds is 4. The largest absolute Gasteiger partial charge is 0.489 e. The van der Waals surface area contributed by atoms with Gasteiger partial charge in [-0.2, -0.15) is 0 Å². The van der Waals surface area contributed by atoms with Crippen molar-refractivity contribution >= 4 is 17.5 Å². The van der Waals surface area contributed by atoms with Gasteiger partial charge in [0.1, 0.15) is 11.5 Å². The van der Waals surface area contributed by atoms with E-state index in [1.807, 2.05) is 51.1 Å². The van der Waals surface area contributed by atoms with Crippen LogP contribution in [0.1, 0.15) is 19.6 Å². The second kappa shape index (κ2) is 7.46. The van der Waals surface area contributed by atoms with E-state index in [9.17, 15) is 4.79 Å². The number of para-hydroxylation sites is 2. The molecule has 0 bridgehead atoms. The third-order valence-electron chi connectivity index (χ3n) is 4.00. The molecule has 1 aliphatic heterocycles. The zero-order valence-electron chi connectivity index (χ0n) is 14.9. The standard InChI is InChI=1S/C18H24N4O3/c1-13(2)24-16-7-5-4-6-15(16)19-18(23)22-10-8-21(9-11-22)17-12-14(3)25-20-17/h4-7,12-13H,8-11H2,1-3H3,(H,19,23). The molecular weight excluding hydrogens is 320 g/mol. The van der Waals surface area contributed by atoms with Crippen molar-refractivity contribution in [3.8, 4) is 5.75 Å². The molecule has 7 nitrogen and oxygen atoms in total. The van der Waals surface area contributed by atoms with E-state index < -0.39 is 0 Å². The summed E-state index contributed by atoms with van der Waals surface area (Å²) in [5.41, 5.74) is 0.691. The Morgan fingerprint density at radius 1 is 1.24 bits per heavy atom. The summed E-state index contributed by atoms with van der Waals surface area (Å²) in [6.07, 6.45) is 0.0486. The summed E-state index contributed by atoms with van der Waals surface area (Å²) in [4.78, 5) is 16.5. The third-order valence-corrected chi connectivity index (χ3v) is 4.00. The quantitative estimate of drug-likeness (QED) is 0.923. The highest BCUT2D eigenvalue weighted by molar-refractivity contribution is 5.91. The first-order valence-corrected chi connectivity index (χ1v) is 8.53. The highest BCUT2D eigenvalue weighted by atomic mass is 16.5. The fourth-order valence-corrected chi connectivity index (χ4v) is 2.76. The summed E-state index contributed by atoms with van der Waals surface area (Å²) >= 11 is 0. The molecule has 1 fully saturated rings. The molecular formula is C18H24N4O3. The maximum atomic E-state index is 12.6. The molecule has 0 radical (unpaired) electrons. The molecule has 0 atom stereocenters. The van der Waals surface area contributed by atoms with Gasteiger partial charge in [0.05, 0.1) is 11.8 Å². The van der Waals surface area contributed by atoms with Gasteiger partial charge in [-0.05, 0) is 32.9 Å². The lowest BCUT2D eigenvalue weighted by Gasteiger charge is -2.34. The lowest BCUT2D eigenvalue weighted by Crippen LogP contribution is -2.50. The van der Waals surface area contributed by atoms with E-state index in [0.29, 0.717) is 24.5 Å². The second-order valence-corrected chi connectivity index (χ2v) is 6.36. The summed E-state index contributed by atoms with van der Waals surface area (Å²) < 4.78 is 10.9. The van der Waals surface area contributed by atoms with Crippen molar-refractivity contribution in [3.63, 3.8) is 0 Å².